The van der Waals surface area contributed by atoms with E-state index >= 15 is 0 Å². The van der Waals surface area contributed by atoms with E-state index in [4.69, 9.17) is 22.1 Å². The lowest BCUT2D eigenvalue weighted by Crippen LogP contribution is -2.58. The second-order valence-corrected chi connectivity index (χ2v) is 10.1. The van der Waals surface area contributed by atoms with Gasteiger partial charge in [0.1, 0.15) is 11.6 Å². The summed E-state index contributed by atoms with van der Waals surface area (Å²) in [5.41, 5.74) is 6.94. The molecule has 2 N–H and O–H groups in total. The number of nitro groups is 1. The van der Waals surface area contributed by atoms with E-state index in [0.717, 1.165) is 10.5 Å². The summed E-state index contributed by atoms with van der Waals surface area (Å²) in [6.45, 7) is 5.45. The Balaban J connectivity index is 1.46. The number of non-ortho nitro benzene ring substituents is 1. The van der Waals surface area contributed by atoms with E-state index in [1.807, 2.05) is 13.8 Å². The number of urea groups is 1. The molecule has 10 nitrogen and oxygen atoms in total. The summed E-state index contributed by atoms with van der Waals surface area (Å²) >= 11 is 6.20. The molecule has 210 valence electrons. The molecule has 0 bridgehead atoms. The molecule has 0 unspecified atom stereocenters. The first-order chi connectivity index (χ1) is 19.0. The molecule has 0 spiro atoms. The summed E-state index contributed by atoms with van der Waals surface area (Å²) in [5.74, 6) is -0.329. The summed E-state index contributed by atoms with van der Waals surface area (Å²) in [7, 11) is 0. The number of nitrogens with two attached hydrogens (primary N) is 1. The number of carbonyl (C=O) groups is 2. The van der Waals surface area contributed by atoms with Crippen LogP contribution < -0.4 is 15.4 Å². The Morgan fingerprint density at radius 1 is 1.07 bits per heavy atom. The largest absolute Gasteiger partial charge is 0.482 e. The lowest BCUT2D eigenvalue weighted by atomic mass is 10.1. The molecule has 1 heterocycles. The number of primary amides is 1. The second-order valence-electron chi connectivity index (χ2n) is 9.65. The maximum absolute atomic E-state index is 13.3. The predicted molar refractivity (Wildman–Crippen MR) is 149 cm³/mol. The lowest BCUT2D eigenvalue weighted by molar-refractivity contribution is -0.384. The number of anilines is 2. The van der Waals surface area contributed by atoms with Crippen molar-refractivity contribution in [2.75, 3.05) is 24.6 Å². The minimum absolute atomic E-state index is 0.0591. The number of benzene rings is 3. The molecule has 12 heteroatoms. The van der Waals surface area contributed by atoms with E-state index < -0.39 is 11.0 Å². The van der Waals surface area contributed by atoms with E-state index in [2.05, 4.69) is 4.90 Å². The molecular weight excluding hydrogens is 541 g/mol. The molecule has 1 fully saturated rings. The van der Waals surface area contributed by atoms with Crippen molar-refractivity contribution in [2.24, 2.45) is 5.73 Å². The van der Waals surface area contributed by atoms with Gasteiger partial charge in [-0.2, -0.15) is 0 Å². The van der Waals surface area contributed by atoms with Gasteiger partial charge >= 0.3 is 6.03 Å². The molecule has 0 radical (unpaired) electrons. The monoisotopic (exact) mass is 569 g/mol. The highest BCUT2D eigenvalue weighted by Gasteiger charge is 2.32. The fourth-order valence-corrected chi connectivity index (χ4v) is 4.87. The summed E-state index contributed by atoms with van der Waals surface area (Å²) in [6.07, 6.45) is 0. The number of nitro benzene ring substituents is 1. The number of hydrogen-bond acceptors (Lipinski definition) is 6. The van der Waals surface area contributed by atoms with Crippen molar-refractivity contribution in [3.63, 3.8) is 0 Å². The maximum atomic E-state index is 13.3. The smallest absolute Gasteiger partial charge is 0.324 e. The minimum atomic E-state index is -0.869. The molecule has 0 aliphatic carbocycles. The number of piperazine rings is 1. The van der Waals surface area contributed by atoms with E-state index in [0.29, 0.717) is 24.7 Å². The van der Waals surface area contributed by atoms with Gasteiger partial charge in [0.15, 0.2) is 6.61 Å². The van der Waals surface area contributed by atoms with Crippen molar-refractivity contribution < 1.29 is 23.6 Å². The van der Waals surface area contributed by atoms with E-state index in [1.165, 1.54) is 48.5 Å². The van der Waals surface area contributed by atoms with Crippen LogP contribution in [0.3, 0.4) is 0 Å². The molecule has 0 aromatic heterocycles. The summed E-state index contributed by atoms with van der Waals surface area (Å²) in [4.78, 5) is 41.3. The van der Waals surface area contributed by atoms with Gasteiger partial charge in [-0.25, -0.2) is 9.18 Å². The Hall–Kier alpha value is -4.22. The second kappa shape index (κ2) is 12.3. The predicted octanol–water partition coefficient (Wildman–Crippen LogP) is 5.10. The highest BCUT2D eigenvalue weighted by Crippen LogP contribution is 2.36. The van der Waals surface area contributed by atoms with Crippen LogP contribution in [-0.2, 0) is 11.3 Å². The van der Waals surface area contributed by atoms with Crippen LogP contribution in [0.4, 0.5) is 26.2 Å². The minimum Gasteiger partial charge on any atom is -0.482 e. The van der Waals surface area contributed by atoms with Gasteiger partial charge in [0.05, 0.1) is 16.3 Å². The zero-order chi connectivity index (χ0) is 29.0. The van der Waals surface area contributed by atoms with E-state index in [1.54, 1.807) is 23.1 Å². The molecule has 2 atom stereocenters. The number of ether oxygens (including phenoxy) is 1. The number of halogens is 2. The average molecular weight is 570 g/mol. The van der Waals surface area contributed by atoms with Gasteiger partial charge in [0.25, 0.3) is 11.6 Å². The fourth-order valence-electron chi connectivity index (χ4n) is 4.71. The number of rotatable bonds is 8. The van der Waals surface area contributed by atoms with Gasteiger partial charge in [-0.1, -0.05) is 23.7 Å². The third kappa shape index (κ3) is 6.67. The van der Waals surface area contributed by atoms with Crippen LogP contribution in [0.25, 0.3) is 0 Å². The molecule has 1 aliphatic rings. The standard InChI is InChI=1S/C28H29ClFN5O5/c1-18-15-33(19(2)14-32(18)16-20-3-6-22(30)7-4-20)27(36)17-40-26-12-5-21(29)13-25(26)34(28(31)37)23-8-10-24(11-9-23)35(38)39/h3-13,18-19H,14-17H2,1-2H3,(H2,31,37)/t18-,19+/m1/s1. The average Bonchev–Trinajstić information content (AvgIpc) is 2.91. The van der Waals surface area contributed by atoms with Crippen LogP contribution >= 0.6 is 11.6 Å². The zero-order valence-electron chi connectivity index (χ0n) is 22.0. The Morgan fingerprint density at radius 3 is 2.38 bits per heavy atom. The number of hydrogen-bond donors (Lipinski definition) is 1. The lowest BCUT2D eigenvalue weighted by Gasteiger charge is -2.44. The van der Waals surface area contributed by atoms with E-state index in [-0.39, 0.29) is 53.2 Å². The molecule has 0 saturated carbocycles. The van der Waals surface area contributed by atoms with Crippen molar-refractivity contribution in [1.82, 2.24) is 9.80 Å². The summed E-state index contributed by atoms with van der Waals surface area (Å²) in [6, 6.07) is 15.3. The van der Waals surface area contributed by atoms with Gasteiger partial charge in [-0.3, -0.25) is 24.7 Å². The highest BCUT2D eigenvalue weighted by molar-refractivity contribution is 6.31. The van der Waals surface area contributed by atoms with Crippen LogP contribution in [-0.4, -0.2) is 58.4 Å². The topological polar surface area (TPSA) is 122 Å². The van der Waals surface area contributed by atoms with Gasteiger partial charge in [-0.15, -0.1) is 0 Å². The number of nitrogens with zero attached hydrogens (tertiary/aromatic N) is 4. The van der Waals surface area contributed by atoms with Crippen LogP contribution in [0.2, 0.25) is 5.02 Å². The Kier molecular flexibility index (Phi) is 8.86. The van der Waals surface area contributed by atoms with Crippen molar-refractivity contribution in [1.29, 1.82) is 0 Å². The quantitative estimate of drug-likeness (QED) is 0.297. The van der Waals surface area contributed by atoms with E-state index in [9.17, 15) is 24.1 Å². The Labute approximate surface area is 235 Å². The summed E-state index contributed by atoms with van der Waals surface area (Å²) in [5, 5.41) is 11.3. The van der Waals surface area contributed by atoms with Crippen LogP contribution in [0.1, 0.15) is 19.4 Å². The third-order valence-corrected chi connectivity index (χ3v) is 7.02. The molecule has 3 aromatic rings. The number of carbonyl (C=O) groups excluding carboxylic acids is 2. The van der Waals surface area contributed by atoms with Gasteiger partial charge in [0.2, 0.25) is 0 Å². The molecule has 1 aliphatic heterocycles. The molecule has 1 saturated heterocycles. The van der Waals surface area contributed by atoms with Crippen molar-refractivity contribution in [2.45, 2.75) is 32.5 Å². The molecular formula is C28H29ClFN5O5. The van der Waals surface area contributed by atoms with Crippen molar-refractivity contribution in [3.8, 4) is 5.75 Å². The summed E-state index contributed by atoms with van der Waals surface area (Å²) < 4.78 is 19.2. The Morgan fingerprint density at radius 2 is 1.75 bits per heavy atom. The first kappa shape index (κ1) is 28.8. The maximum Gasteiger partial charge on any atom is 0.324 e. The van der Waals surface area contributed by atoms with Crippen LogP contribution in [0.15, 0.2) is 66.7 Å². The SMILES string of the molecule is C[C@@H]1CN(C(=O)COc2ccc(Cl)cc2N(C(N)=O)c2ccc([N+](=O)[O-])cc2)[C@@H](C)CN1Cc1ccc(F)cc1. The normalized spacial score (nSPS) is 17.4. The fraction of sp³-hybridized carbons (Fsp3) is 0.286. The zero-order valence-corrected chi connectivity index (χ0v) is 22.8. The molecule has 4 rings (SSSR count). The molecule has 3 aromatic carbocycles. The third-order valence-electron chi connectivity index (χ3n) is 6.79. The first-order valence-electron chi connectivity index (χ1n) is 12.6. The van der Waals surface area contributed by atoms with Gasteiger partial charge in [-0.05, 0) is 61.9 Å². The molecule has 40 heavy (non-hydrogen) atoms. The highest BCUT2D eigenvalue weighted by atomic mass is 35.5. The van der Waals surface area contributed by atoms with Crippen molar-refractivity contribution in [3.05, 3.63) is 93.2 Å². The molecule has 3 amide bonds. The van der Waals surface area contributed by atoms with Gasteiger partial charge in [0, 0.05) is 48.9 Å². The van der Waals surface area contributed by atoms with Crippen LogP contribution in [0, 0.1) is 15.9 Å². The van der Waals surface area contributed by atoms with Gasteiger partial charge < -0.3 is 15.4 Å². The Bertz CT molecular complexity index is 1390. The van der Waals surface area contributed by atoms with Crippen molar-refractivity contribution >= 4 is 40.6 Å². The number of amides is 3. The van der Waals surface area contributed by atoms with Crippen LogP contribution in [0.5, 0.6) is 5.75 Å². The first-order valence-corrected chi connectivity index (χ1v) is 13.0.